The van der Waals surface area contributed by atoms with E-state index in [4.69, 9.17) is 0 Å². The summed E-state index contributed by atoms with van der Waals surface area (Å²) < 4.78 is 0. The minimum Gasteiger partial charge on any atom is -0.316 e. The van der Waals surface area contributed by atoms with Crippen molar-refractivity contribution >= 4 is 0 Å². The molecule has 2 aliphatic rings. The molecule has 0 spiro atoms. The molecule has 0 aliphatic heterocycles. The maximum Gasteiger partial charge on any atom is 0.00966 e. The molecular formula is C15H30N2. The quantitative estimate of drug-likeness (QED) is 0.664. The third-order valence-electron chi connectivity index (χ3n) is 3.84. The molecule has 0 radical (unpaired) electrons. The topological polar surface area (TPSA) is 15.3 Å². The maximum atomic E-state index is 3.59. The van der Waals surface area contributed by atoms with Crippen LogP contribution in [-0.2, 0) is 0 Å². The Kier molecular flexibility index (Phi) is 4.87. The van der Waals surface area contributed by atoms with Crippen molar-refractivity contribution in [3.63, 3.8) is 0 Å². The van der Waals surface area contributed by atoms with Gasteiger partial charge in [-0.25, -0.2) is 0 Å². The first-order valence-electron chi connectivity index (χ1n) is 7.60. The zero-order valence-corrected chi connectivity index (χ0v) is 11.9. The van der Waals surface area contributed by atoms with Crippen molar-refractivity contribution in [2.75, 3.05) is 26.2 Å². The van der Waals surface area contributed by atoms with E-state index in [1.807, 2.05) is 0 Å². The summed E-state index contributed by atoms with van der Waals surface area (Å²) in [5.41, 5.74) is 0. The van der Waals surface area contributed by atoms with Crippen LogP contribution in [0, 0.1) is 17.8 Å². The first-order valence-corrected chi connectivity index (χ1v) is 7.60. The molecule has 0 aromatic carbocycles. The molecule has 0 heterocycles. The fraction of sp³-hybridized carbons (Fsp3) is 1.00. The van der Waals surface area contributed by atoms with Gasteiger partial charge in [-0.3, -0.25) is 4.90 Å². The molecule has 2 heteroatoms. The molecule has 2 saturated carbocycles. The third-order valence-corrected chi connectivity index (χ3v) is 3.84. The van der Waals surface area contributed by atoms with Crippen LogP contribution in [0.2, 0.25) is 0 Å². The molecule has 0 bridgehead atoms. The van der Waals surface area contributed by atoms with Crippen LogP contribution in [0.15, 0.2) is 0 Å². The van der Waals surface area contributed by atoms with Crippen molar-refractivity contribution in [2.24, 2.45) is 17.8 Å². The first-order chi connectivity index (χ1) is 8.15. The Hall–Kier alpha value is -0.0800. The smallest absolute Gasteiger partial charge is 0.00966 e. The van der Waals surface area contributed by atoms with E-state index in [0.29, 0.717) is 0 Å². The molecule has 2 fully saturated rings. The van der Waals surface area contributed by atoms with Gasteiger partial charge in [0.2, 0.25) is 0 Å². The van der Waals surface area contributed by atoms with Gasteiger partial charge in [0.25, 0.3) is 0 Å². The lowest BCUT2D eigenvalue weighted by Gasteiger charge is -2.26. The van der Waals surface area contributed by atoms with E-state index in [1.54, 1.807) is 0 Å². The van der Waals surface area contributed by atoms with Gasteiger partial charge in [0.15, 0.2) is 0 Å². The molecule has 1 unspecified atom stereocenters. The molecule has 2 nitrogen and oxygen atoms in total. The highest BCUT2D eigenvalue weighted by molar-refractivity contribution is 4.89. The van der Waals surface area contributed by atoms with Crippen LogP contribution in [0.25, 0.3) is 0 Å². The number of hydrogen-bond acceptors (Lipinski definition) is 2. The SMILES string of the molecule is CC(C)CNCC(C)CN(CC1CC1)C1CC1. The van der Waals surface area contributed by atoms with Gasteiger partial charge < -0.3 is 5.32 Å². The molecule has 0 amide bonds. The van der Waals surface area contributed by atoms with Crippen LogP contribution in [0.5, 0.6) is 0 Å². The summed E-state index contributed by atoms with van der Waals surface area (Å²) in [5.74, 6) is 2.62. The summed E-state index contributed by atoms with van der Waals surface area (Å²) in [7, 11) is 0. The summed E-state index contributed by atoms with van der Waals surface area (Å²) >= 11 is 0. The van der Waals surface area contributed by atoms with E-state index >= 15 is 0 Å². The van der Waals surface area contributed by atoms with Crippen molar-refractivity contribution in [1.29, 1.82) is 0 Å². The van der Waals surface area contributed by atoms with E-state index < -0.39 is 0 Å². The van der Waals surface area contributed by atoms with Crippen LogP contribution < -0.4 is 5.32 Å². The van der Waals surface area contributed by atoms with Crippen LogP contribution in [0.1, 0.15) is 46.5 Å². The van der Waals surface area contributed by atoms with Crippen LogP contribution in [0.3, 0.4) is 0 Å². The minimum atomic E-state index is 0.771. The van der Waals surface area contributed by atoms with Crippen molar-refractivity contribution in [1.82, 2.24) is 10.2 Å². The van der Waals surface area contributed by atoms with Gasteiger partial charge >= 0.3 is 0 Å². The molecule has 0 aromatic heterocycles. The molecule has 17 heavy (non-hydrogen) atoms. The molecule has 0 aromatic rings. The molecule has 2 rings (SSSR count). The zero-order chi connectivity index (χ0) is 12.3. The molecule has 1 atom stereocenters. The van der Waals surface area contributed by atoms with E-state index in [1.165, 1.54) is 45.3 Å². The fourth-order valence-electron chi connectivity index (χ4n) is 2.53. The van der Waals surface area contributed by atoms with Gasteiger partial charge in [0, 0.05) is 19.1 Å². The van der Waals surface area contributed by atoms with Gasteiger partial charge in [-0.2, -0.15) is 0 Å². The van der Waals surface area contributed by atoms with Crippen LogP contribution >= 0.6 is 0 Å². The minimum absolute atomic E-state index is 0.771. The number of rotatable bonds is 9. The Bertz CT molecular complexity index is 219. The Balaban J connectivity index is 1.61. The monoisotopic (exact) mass is 238 g/mol. The second-order valence-electron chi connectivity index (χ2n) is 6.79. The molecule has 1 N–H and O–H groups in total. The van der Waals surface area contributed by atoms with Gasteiger partial charge in [-0.05, 0) is 56.5 Å². The van der Waals surface area contributed by atoms with Gasteiger partial charge in [0.1, 0.15) is 0 Å². The Labute approximate surface area is 107 Å². The second-order valence-corrected chi connectivity index (χ2v) is 6.79. The van der Waals surface area contributed by atoms with E-state index in [-0.39, 0.29) is 0 Å². The summed E-state index contributed by atoms with van der Waals surface area (Å²) in [6.07, 6.45) is 5.89. The molecule has 2 aliphatic carbocycles. The predicted octanol–water partition coefficient (Wildman–Crippen LogP) is 2.74. The van der Waals surface area contributed by atoms with Gasteiger partial charge in [-0.1, -0.05) is 20.8 Å². The summed E-state index contributed by atoms with van der Waals surface area (Å²) in [6.45, 7) is 12.0. The lowest BCUT2D eigenvalue weighted by Crippen LogP contribution is -2.36. The lowest BCUT2D eigenvalue weighted by molar-refractivity contribution is 0.216. The normalized spacial score (nSPS) is 22.4. The number of nitrogens with one attached hydrogen (secondary N) is 1. The highest BCUT2D eigenvalue weighted by atomic mass is 15.2. The second kappa shape index (κ2) is 6.19. The highest BCUT2D eigenvalue weighted by Gasteiger charge is 2.33. The standard InChI is InChI=1S/C15H30N2/c1-12(2)8-16-9-13(3)10-17(15-6-7-15)11-14-4-5-14/h12-16H,4-11H2,1-3H3. The number of hydrogen-bond donors (Lipinski definition) is 1. The lowest BCUT2D eigenvalue weighted by atomic mass is 10.1. The van der Waals surface area contributed by atoms with Crippen LogP contribution in [-0.4, -0.2) is 37.1 Å². The van der Waals surface area contributed by atoms with Gasteiger partial charge in [0.05, 0.1) is 0 Å². The van der Waals surface area contributed by atoms with E-state index in [9.17, 15) is 0 Å². The summed E-state index contributed by atoms with van der Waals surface area (Å²) in [5, 5.41) is 3.59. The predicted molar refractivity (Wildman–Crippen MR) is 74.2 cm³/mol. The Morgan fingerprint density at radius 1 is 1.06 bits per heavy atom. The highest BCUT2D eigenvalue weighted by Crippen LogP contribution is 2.35. The van der Waals surface area contributed by atoms with Crippen LogP contribution in [0.4, 0.5) is 0 Å². The maximum absolute atomic E-state index is 3.59. The first kappa shape index (κ1) is 13.4. The Morgan fingerprint density at radius 2 is 1.76 bits per heavy atom. The molecular weight excluding hydrogens is 208 g/mol. The average molecular weight is 238 g/mol. The number of nitrogens with zero attached hydrogens (tertiary/aromatic N) is 1. The zero-order valence-electron chi connectivity index (χ0n) is 11.9. The summed E-state index contributed by atoms with van der Waals surface area (Å²) in [4.78, 5) is 2.78. The molecule has 0 saturated heterocycles. The molecule has 100 valence electrons. The average Bonchev–Trinajstić information content (AvgIpc) is 3.11. The Morgan fingerprint density at radius 3 is 2.29 bits per heavy atom. The third kappa shape index (κ3) is 5.39. The summed E-state index contributed by atoms with van der Waals surface area (Å²) in [6, 6.07) is 0.947. The van der Waals surface area contributed by atoms with Gasteiger partial charge in [-0.15, -0.1) is 0 Å². The van der Waals surface area contributed by atoms with Crippen molar-refractivity contribution < 1.29 is 0 Å². The van der Waals surface area contributed by atoms with E-state index in [2.05, 4.69) is 31.0 Å². The largest absolute Gasteiger partial charge is 0.316 e. The van der Waals surface area contributed by atoms with Crippen molar-refractivity contribution in [2.45, 2.75) is 52.5 Å². The van der Waals surface area contributed by atoms with Crippen molar-refractivity contribution in [3.8, 4) is 0 Å². The van der Waals surface area contributed by atoms with E-state index in [0.717, 1.165) is 30.3 Å². The van der Waals surface area contributed by atoms with Crippen molar-refractivity contribution in [3.05, 3.63) is 0 Å². The fourth-order valence-corrected chi connectivity index (χ4v) is 2.53.